The van der Waals surface area contributed by atoms with E-state index in [9.17, 15) is 4.79 Å². The molecule has 2 heterocycles. The van der Waals surface area contributed by atoms with Gasteiger partial charge >= 0.3 is 0 Å². The molecule has 1 saturated heterocycles. The number of rotatable bonds is 5. The molecule has 1 amide bonds. The molecular weight excluding hydrogens is 316 g/mol. The first kappa shape index (κ1) is 17.5. The van der Waals surface area contributed by atoms with Crippen molar-refractivity contribution in [3.8, 4) is 11.5 Å². The Hall–Kier alpha value is -2.27. The van der Waals surface area contributed by atoms with Gasteiger partial charge in [0.05, 0.1) is 0 Å². The monoisotopic (exact) mass is 342 g/mol. The van der Waals surface area contributed by atoms with Crippen LogP contribution in [0.1, 0.15) is 25.3 Å². The van der Waals surface area contributed by atoms with Crippen LogP contribution >= 0.6 is 0 Å². The molecule has 0 N–H and O–H groups in total. The smallest absolute Gasteiger partial charge is 0.246 e. The van der Waals surface area contributed by atoms with Gasteiger partial charge in [0.2, 0.25) is 12.7 Å². The summed E-state index contributed by atoms with van der Waals surface area (Å²) in [5.41, 5.74) is 2.20. The standard InChI is InChI=1S/C20H26N2O3/c1-3-4-16(6-8-20(23)22-11-9-21(2)10-12-22)13-17-5-7-18-19(14-17)25-15-24-18/h5-8,13-14H,3-4,9-12,15H2,1-2H3/b8-6+,16-13+. The number of benzene rings is 1. The number of fused-ring (bicyclic) bond motifs is 1. The van der Waals surface area contributed by atoms with Crippen LogP contribution in [0.25, 0.3) is 6.08 Å². The van der Waals surface area contributed by atoms with Crippen LogP contribution in [-0.2, 0) is 4.79 Å². The highest BCUT2D eigenvalue weighted by atomic mass is 16.7. The molecule has 2 aliphatic rings. The number of allylic oxidation sites excluding steroid dienone is 2. The van der Waals surface area contributed by atoms with Gasteiger partial charge in [-0.1, -0.05) is 31.6 Å². The summed E-state index contributed by atoms with van der Waals surface area (Å²) in [5, 5.41) is 0. The van der Waals surface area contributed by atoms with Crippen molar-refractivity contribution in [1.82, 2.24) is 9.80 Å². The van der Waals surface area contributed by atoms with Crippen LogP contribution in [0.15, 0.2) is 35.9 Å². The van der Waals surface area contributed by atoms with Crippen molar-refractivity contribution in [2.45, 2.75) is 19.8 Å². The van der Waals surface area contributed by atoms with Crippen LogP contribution in [0.5, 0.6) is 11.5 Å². The predicted octanol–water partition coefficient (Wildman–Crippen LogP) is 2.93. The fraction of sp³-hybridized carbons (Fsp3) is 0.450. The second kappa shape index (κ2) is 8.21. The van der Waals surface area contributed by atoms with Gasteiger partial charge in [-0.2, -0.15) is 0 Å². The number of nitrogens with zero attached hydrogens (tertiary/aromatic N) is 2. The molecule has 134 valence electrons. The molecule has 0 atom stereocenters. The van der Waals surface area contributed by atoms with E-state index in [1.807, 2.05) is 29.2 Å². The third-order valence-electron chi connectivity index (χ3n) is 4.54. The number of hydrogen-bond donors (Lipinski definition) is 0. The SMILES string of the molecule is CCCC(/C=C/C(=O)N1CCN(C)CC1)=C\c1ccc2c(c1)OCO2. The Bertz CT molecular complexity index is 674. The summed E-state index contributed by atoms with van der Waals surface area (Å²) in [6, 6.07) is 5.92. The molecule has 0 spiro atoms. The lowest BCUT2D eigenvalue weighted by Gasteiger charge is -2.31. The summed E-state index contributed by atoms with van der Waals surface area (Å²) >= 11 is 0. The van der Waals surface area contributed by atoms with E-state index in [4.69, 9.17) is 9.47 Å². The lowest BCUT2D eigenvalue weighted by atomic mass is 10.1. The molecule has 0 saturated carbocycles. The minimum atomic E-state index is 0.0980. The largest absolute Gasteiger partial charge is 0.454 e. The van der Waals surface area contributed by atoms with E-state index < -0.39 is 0 Å². The van der Waals surface area contributed by atoms with Crippen LogP contribution in [0.3, 0.4) is 0 Å². The van der Waals surface area contributed by atoms with Crippen molar-refractivity contribution < 1.29 is 14.3 Å². The second-order valence-electron chi connectivity index (χ2n) is 6.54. The van der Waals surface area contributed by atoms with Gasteiger partial charge in [0, 0.05) is 32.3 Å². The van der Waals surface area contributed by atoms with E-state index >= 15 is 0 Å². The number of carbonyl (C=O) groups excluding carboxylic acids is 1. The number of piperazine rings is 1. The first-order chi connectivity index (χ1) is 12.2. The highest BCUT2D eigenvalue weighted by molar-refractivity contribution is 5.88. The molecule has 1 fully saturated rings. The summed E-state index contributed by atoms with van der Waals surface area (Å²) < 4.78 is 10.8. The van der Waals surface area contributed by atoms with E-state index in [-0.39, 0.29) is 12.7 Å². The molecule has 0 bridgehead atoms. The quantitative estimate of drug-likeness (QED) is 0.609. The Morgan fingerprint density at radius 2 is 1.88 bits per heavy atom. The van der Waals surface area contributed by atoms with Crippen LogP contribution in [-0.4, -0.2) is 55.7 Å². The van der Waals surface area contributed by atoms with Crippen LogP contribution in [0, 0.1) is 0 Å². The normalized spacial score (nSPS) is 18.2. The third kappa shape index (κ3) is 4.63. The number of amides is 1. The predicted molar refractivity (Wildman–Crippen MR) is 98.7 cm³/mol. The molecule has 2 aliphatic heterocycles. The minimum absolute atomic E-state index is 0.0980. The van der Waals surface area contributed by atoms with Gasteiger partial charge in [-0.15, -0.1) is 0 Å². The number of hydrogen-bond acceptors (Lipinski definition) is 4. The number of ether oxygens (including phenoxy) is 2. The molecule has 5 nitrogen and oxygen atoms in total. The summed E-state index contributed by atoms with van der Waals surface area (Å²) in [4.78, 5) is 16.5. The van der Waals surface area contributed by atoms with E-state index in [0.717, 1.165) is 61.7 Å². The lowest BCUT2D eigenvalue weighted by molar-refractivity contribution is -0.127. The fourth-order valence-electron chi connectivity index (χ4n) is 3.02. The molecule has 0 aromatic heterocycles. The Morgan fingerprint density at radius 3 is 2.64 bits per heavy atom. The Balaban J connectivity index is 1.69. The van der Waals surface area contributed by atoms with Gasteiger partial charge in [-0.05, 0) is 36.7 Å². The van der Waals surface area contributed by atoms with Crippen molar-refractivity contribution in [2.24, 2.45) is 0 Å². The van der Waals surface area contributed by atoms with E-state index in [1.54, 1.807) is 6.08 Å². The van der Waals surface area contributed by atoms with Crippen LogP contribution < -0.4 is 9.47 Å². The Labute approximate surface area is 149 Å². The molecular formula is C20H26N2O3. The molecule has 25 heavy (non-hydrogen) atoms. The summed E-state index contributed by atoms with van der Waals surface area (Å²) in [7, 11) is 2.09. The minimum Gasteiger partial charge on any atom is -0.454 e. The average Bonchev–Trinajstić information content (AvgIpc) is 3.08. The van der Waals surface area contributed by atoms with E-state index in [2.05, 4.69) is 24.9 Å². The van der Waals surface area contributed by atoms with Gasteiger partial charge < -0.3 is 19.3 Å². The maximum atomic E-state index is 12.4. The molecule has 0 aliphatic carbocycles. The van der Waals surface area contributed by atoms with Crippen molar-refractivity contribution in [2.75, 3.05) is 40.0 Å². The van der Waals surface area contributed by atoms with Crippen LogP contribution in [0.4, 0.5) is 0 Å². The maximum Gasteiger partial charge on any atom is 0.246 e. The van der Waals surface area contributed by atoms with Gasteiger partial charge in [-0.25, -0.2) is 0 Å². The van der Waals surface area contributed by atoms with Crippen molar-refractivity contribution >= 4 is 12.0 Å². The van der Waals surface area contributed by atoms with Crippen molar-refractivity contribution in [1.29, 1.82) is 0 Å². The molecule has 3 rings (SSSR count). The zero-order chi connectivity index (χ0) is 17.6. The molecule has 1 aromatic carbocycles. The zero-order valence-corrected chi connectivity index (χ0v) is 15.0. The topological polar surface area (TPSA) is 42.0 Å². The van der Waals surface area contributed by atoms with Gasteiger partial charge in [0.1, 0.15) is 0 Å². The first-order valence-electron chi connectivity index (χ1n) is 8.91. The fourth-order valence-corrected chi connectivity index (χ4v) is 3.02. The maximum absolute atomic E-state index is 12.4. The number of carbonyl (C=O) groups is 1. The molecule has 0 unspecified atom stereocenters. The van der Waals surface area contributed by atoms with Crippen molar-refractivity contribution in [3.05, 3.63) is 41.5 Å². The van der Waals surface area contributed by atoms with Gasteiger partial charge in [-0.3, -0.25) is 4.79 Å². The van der Waals surface area contributed by atoms with Crippen molar-refractivity contribution in [3.63, 3.8) is 0 Å². The Kier molecular flexibility index (Phi) is 5.76. The third-order valence-corrected chi connectivity index (χ3v) is 4.54. The van der Waals surface area contributed by atoms with E-state index in [0.29, 0.717) is 0 Å². The second-order valence-corrected chi connectivity index (χ2v) is 6.54. The van der Waals surface area contributed by atoms with Crippen LogP contribution in [0.2, 0.25) is 0 Å². The summed E-state index contributed by atoms with van der Waals surface area (Å²) in [5.74, 6) is 1.66. The summed E-state index contributed by atoms with van der Waals surface area (Å²) in [6.07, 6.45) is 7.73. The lowest BCUT2D eigenvalue weighted by Crippen LogP contribution is -2.46. The highest BCUT2D eigenvalue weighted by Crippen LogP contribution is 2.33. The van der Waals surface area contributed by atoms with Gasteiger partial charge in [0.25, 0.3) is 0 Å². The van der Waals surface area contributed by atoms with Gasteiger partial charge in [0.15, 0.2) is 11.5 Å². The first-order valence-corrected chi connectivity index (χ1v) is 8.91. The number of likely N-dealkylation sites (N-methyl/N-ethyl adjacent to an activating group) is 1. The Morgan fingerprint density at radius 1 is 1.12 bits per heavy atom. The average molecular weight is 342 g/mol. The molecule has 5 heteroatoms. The molecule has 0 radical (unpaired) electrons. The zero-order valence-electron chi connectivity index (χ0n) is 15.0. The van der Waals surface area contributed by atoms with E-state index in [1.165, 1.54) is 0 Å². The molecule has 1 aromatic rings. The highest BCUT2D eigenvalue weighted by Gasteiger charge is 2.17. The summed E-state index contributed by atoms with van der Waals surface area (Å²) in [6.45, 7) is 5.90.